The zero-order valence-electron chi connectivity index (χ0n) is 13.5. The van der Waals surface area contributed by atoms with Gasteiger partial charge >= 0.3 is 11.8 Å². The average molecular weight is 356 g/mol. The Balaban J connectivity index is 1.43. The number of aromatic amines is 1. The maximum atomic E-state index is 12.1. The van der Waals surface area contributed by atoms with Crippen molar-refractivity contribution in [2.75, 3.05) is 24.2 Å². The van der Waals surface area contributed by atoms with Crippen LogP contribution < -0.4 is 10.6 Å². The molecule has 0 saturated carbocycles. The van der Waals surface area contributed by atoms with Crippen molar-refractivity contribution in [1.29, 1.82) is 0 Å². The molecule has 1 aliphatic heterocycles. The highest BCUT2D eigenvalue weighted by Crippen LogP contribution is 2.27. The number of benzene rings is 1. The zero-order chi connectivity index (χ0) is 17.4. The van der Waals surface area contributed by atoms with Gasteiger partial charge < -0.3 is 10.2 Å². The van der Waals surface area contributed by atoms with Crippen LogP contribution in [-0.2, 0) is 22.6 Å². The van der Waals surface area contributed by atoms with E-state index < -0.39 is 11.8 Å². The molecule has 0 bridgehead atoms. The number of carbonyl (C=O) groups is 2. The van der Waals surface area contributed by atoms with Gasteiger partial charge in [-0.15, -0.1) is 11.3 Å². The van der Waals surface area contributed by atoms with Crippen LogP contribution in [0.25, 0.3) is 10.9 Å². The van der Waals surface area contributed by atoms with E-state index in [4.69, 9.17) is 0 Å². The van der Waals surface area contributed by atoms with E-state index in [2.05, 4.69) is 30.7 Å². The first-order chi connectivity index (χ1) is 12.1. The van der Waals surface area contributed by atoms with Gasteiger partial charge in [0.05, 0.1) is 17.4 Å². The number of anilines is 2. The largest absolute Gasteiger partial charge is 0.318 e. The second-order valence-corrected chi connectivity index (χ2v) is 7.04. The van der Waals surface area contributed by atoms with Crippen LogP contribution >= 0.6 is 11.3 Å². The molecule has 3 aromatic rings. The number of hydrogen-bond donors (Lipinski definition) is 3. The van der Waals surface area contributed by atoms with Crippen LogP contribution in [0.5, 0.6) is 0 Å². The highest BCUT2D eigenvalue weighted by Gasteiger charge is 2.21. The lowest BCUT2D eigenvalue weighted by Crippen LogP contribution is -2.29. The standard InChI is InChI=1S/C16H16N6O2S/c1-22-5-4-11-13(8-22)25-16(19-11)20-15(24)14(23)18-10-3-2-9-7-17-21-12(9)6-10/h2-3,6-7H,4-5,8H2,1H3,(H,17,21)(H,18,23)(H,19,20,24). The summed E-state index contributed by atoms with van der Waals surface area (Å²) in [6.45, 7) is 1.76. The molecule has 9 heteroatoms. The molecule has 1 aliphatic rings. The molecule has 3 N–H and O–H groups in total. The predicted octanol–water partition coefficient (Wildman–Crippen LogP) is 1.58. The Bertz CT molecular complexity index is 963. The van der Waals surface area contributed by atoms with Gasteiger partial charge in [0.1, 0.15) is 0 Å². The zero-order valence-corrected chi connectivity index (χ0v) is 14.3. The second-order valence-electron chi connectivity index (χ2n) is 5.96. The average Bonchev–Trinajstić information content (AvgIpc) is 3.19. The highest BCUT2D eigenvalue weighted by atomic mass is 32.1. The molecule has 0 aliphatic carbocycles. The van der Waals surface area contributed by atoms with Gasteiger partial charge in [-0.2, -0.15) is 5.10 Å². The van der Waals surface area contributed by atoms with Crippen LogP contribution in [0.3, 0.4) is 0 Å². The van der Waals surface area contributed by atoms with E-state index in [1.54, 1.807) is 18.3 Å². The molecule has 25 heavy (non-hydrogen) atoms. The van der Waals surface area contributed by atoms with Crippen molar-refractivity contribution in [3.63, 3.8) is 0 Å². The molecule has 0 radical (unpaired) electrons. The maximum Gasteiger partial charge on any atom is 0.315 e. The number of fused-ring (bicyclic) bond motifs is 2. The summed E-state index contributed by atoms with van der Waals surface area (Å²) in [4.78, 5) is 32.0. The van der Waals surface area contributed by atoms with E-state index in [1.165, 1.54) is 11.3 Å². The van der Waals surface area contributed by atoms with Crippen LogP contribution in [0.1, 0.15) is 10.6 Å². The van der Waals surface area contributed by atoms with Gasteiger partial charge in [-0.3, -0.25) is 20.0 Å². The first kappa shape index (κ1) is 15.7. The number of likely N-dealkylation sites (N-methyl/N-ethyl adjacent to an activating group) is 1. The second kappa shape index (κ2) is 6.26. The molecule has 8 nitrogen and oxygen atoms in total. The molecule has 0 unspecified atom stereocenters. The van der Waals surface area contributed by atoms with Gasteiger partial charge in [-0.1, -0.05) is 0 Å². The highest BCUT2D eigenvalue weighted by molar-refractivity contribution is 7.16. The number of aromatic nitrogens is 3. The predicted molar refractivity (Wildman–Crippen MR) is 95.5 cm³/mol. The Morgan fingerprint density at radius 2 is 2.12 bits per heavy atom. The third-order valence-electron chi connectivity index (χ3n) is 4.05. The van der Waals surface area contributed by atoms with Gasteiger partial charge in [0.15, 0.2) is 5.13 Å². The topological polar surface area (TPSA) is 103 Å². The number of amides is 2. The van der Waals surface area contributed by atoms with Crippen molar-refractivity contribution < 1.29 is 9.59 Å². The van der Waals surface area contributed by atoms with E-state index in [0.717, 1.165) is 41.0 Å². The quantitative estimate of drug-likeness (QED) is 0.605. The number of nitrogens with one attached hydrogen (secondary N) is 3. The summed E-state index contributed by atoms with van der Waals surface area (Å²) in [6, 6.07) is 5.27. The lowest BCUT2D eigenvalue weighted by molar-refractivity contribution is -0.132. The first-order valence-electron chi connectivity index (χ1n) is 7.81. The van der Waals surface area contributed by atoms with Gasteiger partial charge in [0.2, 0.25) is 0 Å². The Morgan fingerprint density at radius 3 is 3.00 bits per heavy atom. The summed E-state index contributed by atoms with van der Waals surface area (Å²) in [5, 5.41) is 13.3. The summed E-state index contributed by atoms with van der Waals surface area (Å²) in [5.74, 6) is -1.46. The Hall–Kier alpha value is -2.78. The third kappa shape index (κ3) is 3.24. The summed E-state index contributed by atoms with van der Waals surface area (Å²) < 4.78 is 0. The first-order valence-corrected chi connectivity index (χ1v) is 8.63. The van der Waals surface area contributed by atoms with Crippen molar-refractivity contribution in [3.05, 3.63) is 35.0 Å². The van der Waals surface area contributed by atoms with Gasteiger partial charge in [-0.25, -0.2) is 4.98 Å². The maximum absolute atomic E-state index is 12.1. The fraction of sp³-hybridized carbons (Fsp3) is 0.250. The van der Waals surface area contributed by atoms with Gasteiger partial charge in [-0.05, 0) is 25.2 Å². The lowest BCUT2D eigenvalue weighted by Gasteiger charge is -2.20. The molecule has 2 amide bonds. The number of rotatable bonds is 2. The van der Waals surface area contributed by atoms with E-state index in [-0.39, 0.29) is 0 Å². The lowest BCUT2D eigenvalue weighted by atomic mass is 10.2. The van der Waals surface area contributed by atoms with Crippen molar-refractivity contribution in [2.24, 2.45) is 0 Å². The fourth-order valence-electron chi connectivity index (χ4n) is 2.73. The minimum Gasteiger partial charge on any atom is -0.318 e. The SMILES string of the molecule is CN1CCc2nc(NC(=O)C(=O)Nc3ccc4cn[nH]c4c3)sc2C1. The molecule has 0 atom stereocenters. The van der Waals surface area contributed by atoms with Crippen LogP contribution in [0.4, 0.5) is 10.8 Å². The molecular formula is C16H16N6O2S. The van der Waals surface area contributed by atoms with E-state index in [0.29, 0.717) is 10.8 Å². The minimum atomic E-state index is -0.732. The summed E-state index contributed by atoms with van der Waals surface area (Å²) in [6.07, 6.45) is 2.55. The molecule has 0 fully saturated rings. The number of thiazole rings is 1. The van der Waals surface area contributed by atoms with Crippen molar-refractivity contribution in [2.45, 2.75) is 13.0 Å². The summed E-state index contributed by atoms with van der Waals surface area (Å²) in [7, 11) is 2.05. The molecular weight excluding hydrogens is 340 g/mol. The normalized spacial score (nSPS) is 14.3. The molecule has 128 valence electrons. The minimum absolute atomic E-state index is 0.462. The van der Waals surface area contributed by atoms with Crippen molar-refractivity contribution in [1.82, 2.24) is 20.1 Å². The molecule has 4 rings (SSSR count). The molecule has 0 spiro atoms. The summed E-state index contributed by atoms with van der Waals surface area (Å²) in [5.41, 5.74) is 2.32. The Morgan fingerprint density at radius 1 is 1.28 bits per heavy atom. The number of H-pyrrole nitrogens is 1. The van der Waals surface area contributed by atoms with E-state index in [9.17, 15) is 9.59 Å². The van der Waals surface area contributed by atoms with E-state index >= 15 is 0 Å². The third-order valence-corrected chi connectivity index (χ3v) is 5.05. The molecule has 3 heterocycles. The Labute approximate surface area is 147 Å². The van der Waals surface area contributed by atoms with Crippen LogP contribution in [0, 0.1) is 0 Å². The van der Waals surface area contributed by atoms with Crippen LogP contribution in [0.2, 0.25) is 0 Å². The number of carbonyl (C=O) groups excluding carboxylic acids is 2. The number of hydrogen-bond acceptors (Lipinski definition) is 6. The molecule has 0 saturated heterocycles. The smallest absolute Gasteiger partial charge is 0.315 e. The van der Waals surface area contributed by atoms with Crippen LogP contribution in [0.15, 0.2) is 24.4 Å². The number of nitrogens with zero attached hydrogens (tertiary/aromatic N) is 3. The summed E-state index contributed by atoms with van der Waals surface area (Å²) >= 11 is 1.42. The molecule has 2 aromatic heterocycles. The Kier molecular flexibility index (Phi) is 3.94. The van der Waals surface area contributed by atoms with E-state index in [1.807, 2.05) is 13.1 Å². The van der Waals surface area contributed by atoms with Gasteiger partial charge in [0.25, 0.3) is 0 Å². The van der Waals surface area contributed by atoms with Gasteiger partial charge in [0, 0.05) is 35.5 Å². The van der Waals surface area contributed by atoms with Crippen molar-refractivity contribution in [3.8, 4) is 0 Å². The van der Waals surface area contributed by atoms with Crippen molar-refractivity contribution >= 4 is 44.9 Å². The van der Waals surface area contributed by atoms with Crippen LogP contribution in [-0.4, -0.2) is 45.5 Å². The molecule has 1 aromatic carbocycles. The monoisotopic (exact) mass is 356 g/mol. The fourth-order valence-corrected chi connectivity index (χ4v) is 3.82.